The Morgan fingerprint density at radius 1 is 1.06 bits per heavy atom. The van der Waals surface area contributed by atoms with Gasteiger partial charge < -0.3 is 19.4 Å². The zero-order valence-electron chi connectivity index (χ0n) is 18.7. The molecule has 33 heavy (non-hydrogen) atoms. The summed E-state index contributed by atoms with van der Waals surface area (Å²) in [4.78, 5) is 50.2. The van der Waals surface area contributed by atoms with E-state index in [-0.39, 0.29) is 12.3 Å². The Labute approximate surface area is 190 Å². The summed E-state index contributed by atoms with van der Waals surface area (Å²) in [5, 5.41) is 2.63. The van der Waals surface area contributed by atoms with Crippen LogP contribution in [0.1, 0.15) is 37.0 Å². The van der Waals surface area contributed by atoms with Gasteiger partial charge in [0.25, 0.3) is 11.8 Å². The van der Waals surface area contributed by atoms with Gasteiger partial charge in [-0.2, -0.15) is 0 Å². The van der Waals surface area contributed by atoms with Crippen molar-refractivity contribution in [3.8, 4) is 0 Å². The number of carbonyl (C=O) groups excluding carboxylic acids is 3. The fourth-order valence-electron chi connectivity index (χ4n) is 3.45. The second-order valence-electron chi connectivity index (χ2n) is 7.36. The summed E-state index contributed by atoms with van der Waals surface area (Å²) in [7, 11) is 0. The molecule has 9 nitrogen and oxygen atoms in total. The van der Waals surface area contributed by atoms with Crippen LogP contribution in [-0.4, -0.2) is 46.9 Å². The number of hydrogen-bond acceptors (Lipinski definition) is 6. The molecule has 0 saturated heterocycles. The predicted octanol–water partition coefficient (Wildman–Crippen LogP) is 3.04. The van der Waals surface area contributed by atoms with Crippen LogP contribution in [0.4, 0.5) is 5.69 Å². The number of aromatic nitrogens is 1. The molecule has 3 aromatic rings. The maximum absolute atomic E-state index is 12.5. The third-order valence-electron chi connectivity index (χ3n) is 5.14. The number of nitrogens with one attached hydrogen (secondary N) is 1. The number of oxazole rings is 1. The number of ether oxygens (including phenoxy) is 1. The maximum Gasteiger partial charge on any atom is 0.419 e. The van der Waals surface area contributed by atoms with E-state index in [9.17, 15) is 19.2 Å². The number of carbonyl (C=O) groups is 3. The predicted molar refractivity (Wildman–Crippen MR) is 123 cm³/mol. The van der Waals surface area contributed by atoms with Crippen LogP contribution in [0.2, 0.25) is 0 Å². The molecule has 1 N–H and O–H groups in total. The lowest BCUT2D eigenvalue weighted by Gasteiger charge is -2.19. The lowest BCUT2D eigenvalue weighted by atomic mass is 10.1. The van der Waals surface area contributed by atoms with Gasteiger partial charge in [0, 0.05) is 37.3 Å². The van der Waals surface area contributed by atoms with E-state index in [1.165, 1.54) is 4.57 Å². The molecule has 1 aromatic heterocycles. The van der Waals surface area contributed by atoms with E-state index in [0.29, 0.717) is 48.4 Å². The Balaban J connectivity index is 1.45. The van der Waals surface area contributed by atoms with E-state index >= 15 is 0 Å². The Bertz CT molecular complexity index is 1190. The van der Waals surface area contributed by atoms with Crippen LogP contribution in [0.25, 0.3) is 11.1 Å². The van der Waals surface area contributed by atoms with E-state index in [2.05, 4.69) is 5.32 Å². The van der Waals surface area contributed by atoms with Crippen LogP contribution < -0.4 is 11.1 Å². The minimum absolute atomic E-state index is 0.0487. The van der Waals surface area contributed by atoms with Gasteiger partial charge >= 0.3 is 11.7 Å². The summed E-state index contributed by atoms with van der Waals surface area (Å²) in [5.41, 5.74) is 2.07. The van der Waals surface area contributed by atoms with Gasteiger partial charge in [0.2, 0.25) is 0 Å². The van der Waals surface area contributed by atoms with Crippen LogP contribution in [0.15, 0.2) is 57.7 Å². The third kappa shape index (κ3) is 6.09. The summed E-state index contributed by atoms with van der Waals surface area (Å²) in [6.07, 6.45) is 0.409. The smallest absolute Gasteiger partial charge is 0.419 e. The number of amides is 2. The molecule has 0 radical (unpaired) electrons. The van der Waals surface area contributed by atoms with Gasteiger partial charge in [0.15, 0.2) is 12.2 Å². The van der Waals surface area contributed by atoms with E-state index in [0.717, 1.165) is 0 Å². The fourth-order valence-corrected chi connectivity index (χ4v) is 3.45. The average molecular weight is 453 g/mol. The van der Waals surface area contributed by atoms with Crippen molar-refractivity contribution in [3.05, 3.63) is 64.6 Å². The zero-order valence-corrected chi connectivity index (χ0v) is 18.7. The zero-order chi connectivity index (χ0) is 23.8. The average Bonchev–Trinajstić information content (AvgIpc) is 3.13. The minimum Gasteiger partial charge on any atom is -0.456 e. The standard InChI is InChI=1S/C24H27N3O6/c1-3-26(4-2)23(30)17-9-7-10-18(15-17)25-21(28)16-32-22(29)13-8-14-27-19-11-5-6-12-20(19)33-24(27)31/h5-7,9-12,15H,3-4,8,13-14,16H2,1-2H3,(H,25,28). The SMILES string of the molecule is CCN(CC)C(=O)c1cccc(NC(=O)COC(=O)CCCn2c(=O)oc3ccccc32)c1. The molecule has 0 spiro atoms. The van der Waals surface area contributed by atoms with Crippen LogP contribution in [0, 0.1) is 0 Å². The molecule has 2 amide bonds. The van der Waals surface area contributed by atoms with Gasteiger partial charge in [-0.1, -0.05) is 18.2 Å². The monoisotopic (exact) mass is 453 g/mol. The molecule has 0 saturated carbocycles. The topological polar surface area (TPSA) is 111 Å². The van der Waals surface area contributed by atoms with Crippen molar-refractivity contribution in [1.29, 1.82) is 0 Å². The van der Waals surface area contributed by atoms with Crippen molar-refractivity contribution in [2.24, 2.45) is 0 Å². The third-order valence-corrected chi connectivity index (χ3v) is 5.14. The molecule has 3 rings (SSSR count). The number of para-hydroxylation sites is 2. The summed E-state index contributed by atoms with van der Waals surface area (Å²) in [5.74, 6) is -1.65. The van der Waals surface area contributed by atoms with Gasteiger partial charge in [-0.15, -0.1) is 0 Å². The highest BCUT2D eigenvalue weighted by molar-refractivity contribution is 5.97. The molecule has 0 aliphatic heterocycles. The maximum atomic E-state index is 12.5. The summed E-state index contributed by atoms with van der Waals surface area (Å²) in [6.45, 7) is 4.83. The Morgan fingerprint density at radius 3 is 2.58 bits per heavy atom. The van der Waals surface area contributed by atoms with Crippen molar-refractivity contribution in [2.75, 3.05) is 25.0 Å². The fraction of sp³-hybridized carbons (Fsp3) is 0.333. The molecule has 9 heteroatoms. The molecular formula is C24H27N3O6. The molecular weight excluding hydrogens is 426 g/mol. The van der Waals surface area contributed by atoms with Crippen molar-refractivity contribution >= 4 is 34.6 Å². The van der Waals surface area contributed by atoms with Crippen molar-refractivity contribution in [2.45, 2.75) is 33.2 Å². The summed E-state index contributed by atoms with van der Waals surface area (Å²) in [6, 6.07) is 13.7. The van der Waals surface area contributed by atoms with Crippen LogP contribution in [0.3, 0.4) is 0 Å². The first kappa shape index (κ1) is 23.8. The number of nitrogens with zero attached hydrogens (tertiary/aromatic N) is 2. The Kier molecular flexibility index (Phi) is 8.01. The largest absolute Gasteiger partial charge is 0.456 e. The first-order valence-corrected chi connectivity index (χ1v) is 10.9. The van der Waals surface area contributed by atoms with E-state index in [1.54, 1.807) is 53.4 Å². The van der Waals surface area contributed by atoms with Crippen molar-refractivity contribution < 1.29 is 23.5 Å². The number of esters is 1. The molecule has 0 bridgehead atoms. The molecule has 174 valence electrons. The number of anilines is 1. The normalized spacial score (nSPS) is 10.7. The minimum atomic E-state index is -0.545. The van der Waals surface area contributed by atoms with Crippen LogP contribution in [-0.2, 0) is 20.9 Å². The Hall–Kier alpha value is -3.88. The lowest BCUT2D eigenvalue weighted by Crippen LogP contribution is -2.30. The number of hydrogen-bond donors (Lipinski definition) is 1. The summed E-state index contributed by atoms with van der Waals surface area (Å²) < 4.78 is 11.6. The van der Waals surface area contributed by atoms with Gasteiger partial charge in [0.1, 0.15) is 0 Å². The first-order chi connectivity index (χ1) is 15.9. The molecule has 2 aromatic carbocycles. The van der Waals surface area contributed by atoms with E-state index in [4.69, 9.17) is 9.15 Å². The number of benzene rings is 2. The van der Waals surface area contributed by atoms with E-state index < -0.39 is 24.2 Å². The van der Waals surface area contributed by atoms with Gasteiger partial charge in [-0.25, -0.2) is 4.79 Å². The van der Waals surface area contributed by atoms with Gasteiger partial charge in [-0.05, 0) is 50.6 Å². The van der Waals surface area contributed by atoms with Crippen molar-refractivity contribution in [1.82, 2.24) is 9.47 Å². The first-order valence-electron chi connectivity index (χ1n) is 10.9. The number of rotatable bonds is 10. The Morgan fingerprint density at radius 2 is 1.82 bits per heavy atom. The van der Waals surface area contributed by atoms with Crippen molar-refractivity contribution in [3.63, 3.8) is 0 Å². The van der Waals surface area contributed by atoms with Gasteiger partial charge in [-0.3, -0.25) is 19.0 Å². The molecule has 0 unspecified atom stereocenters. The quantitative estimate of drug-likeness (QED) is 0.473. The van der Waals surface area contributed by atoms with Crippen LogP contribution >= 0.6 is 0 Å². The molecule has 0 aliphatic rings. The number of fused-ring (bicyclic) bond motifs is 1. The van der Waals surface area contributed by atoms with Crippen LogP contribution in [0.5, 0.6) is 0 Å². The molecule has 0 atom stereocenters. The molecule has 1 heterocycles. The highest BCUT2D eigenvalue weighted by Gasteiger charge is 2.14. The second kappa shape index (κ2) is 11.1. The lowest BCUT2D eigenvalue weighted by molar-refractivity contribution is -0.147. The molecule has 0 aliphatic carbocycles. The van der Waals surface area contributed by atoms with Gasteiger partial charge in [0.05, 0.1) is 5.52 Å². The number of aryl methyl sites for hydroxylation is 1. The van der Waals surface area contributed by atoms with E-state index in [1.807, 2.05) is 13.8 Å². The molecule has 0 fully saturated rings. The highest BCUT2D eigenvalue weighted by Crippen LogP contribution is 2.14. The summed E-state index contributed by atoms with van der Waals surface area (Å²) >= 11 is 0. The highest BCUT2D eigenvalue weighted by atomic mass is 16.5. The second-order valence-corrected chi connectivity index (χ2v) is 7.36.